The van der Waals surface area contributed by atoms with Gasteiger partial charge in [0.1, 0.15) is 0 Å². The number of aromatic nitrogens is 2. The van der Waals surface area contributed by atoms with Crippen LogP contribution in [0.3, 0.4) is 0 Å². The minimum atomic E-state index is -1.35. The number of nitrogens with one attached hydrogen (secondary N) is 2. The largest absolute Gasteiger partial charge is 0.463 e. The molecule has 1 heterocycles. The fourth-order valence-electron chi connectivity index (χ4n) is 3.90. The number of anilines is 1. The van der Waals surface area contributed by atoms with Crippen LogP contribution in [0.1, 0.15) is 43.5 Å². The number of nitrogens with zero attached hydrogens (tertiary/aromatic N) is 1. The molecule has 1 aromatic heterocycles. The van der Waals surface area contributed by atoms with Gasteiger partial charge in [-0.05, 0) is 38.5 Å². The van der Waals surface area contributed by atoms with E-state index in [0.717, 1.165) is 11.3 Å². The first-order chi connectivity index (χ1) is 12.6. The number of carbonyl (C=O) groups excluding carboxylic acids is 1. The zero-order chi connectivity index (χ0) is 19.9. The molecule has 0 saturated carbocycles. The number of ether oxygens (including phenoxy) is 1. The van der Waals surface area contributed by atoms with Crippen LogP contribution >= 0.6 is 0 Å². The Morgan fingerprint density at radius 3 is 2.44 bits per heavy atom. The van der Waals surface area contributed by atoms with E-state index in [1.54, 1.807) is 20.8 Å². The Bertz CT molecular complexity index is 877. The highest BCUT2D eigenvalue weighted by atomic mass is 16.5. The van der Waals surface area contributed by atoms with Crippen LogP contribution in [0.5, 0.6) is 0 Å². The molecule has 3 N–H and O–H groups in total. The Hall–Kier alpha value is -2.54. The summed E-state index contributed by atoms with van der Waals surface area (Å²) in [6, 6.07) is 7.66. The fourth-order valence-corrected chi connectivity index (χ4v) is 3.90. The highest BCUT2D eigenvalue weighted by molar-refractivity contribution is 5.77. The normalized spacial score (nSPS) is 24.6. The van der Waals surface area contributed by atoms with Crippen molar-refractivity contribution in [3.63, 3.8) is 0 Å². The molecule has 0 saturated heterocycles. The second-order valence-electron chi connectivity index (χ2n) is 7.93. The van der Waals surface area contributed by atoms with Gasteiger partial charge in [0.15, 0.2) is 0 Å². The van der Waals surface area contributed by atoms with Crippen LogP contribution in [0.25, 0.3) is 0 Å². The number of H-pyrrole nitrogens is 2. The molecule has 27 heavy (non-hydrogen) atoms. The second kappa shape index (κ2) is 6.88. The lowest BCUT2D eigenvalue weighted by atomic mass is 9.66. The van der Waals surface area contributed by atoms with Gasteiger partial charge in [0.05, 0.1) is 17.6 Å². The van der Waals surface area contributed by atoms with E-state index in [-0.39, 0.29) is 18.1 Å². The number of fused-ring (bicyclic) bond motifs is 1. The molecule has 146 valence electrons. The molecule has 0 radical (unpaired) electrons. The summed E-state index contributed by atoms with van der Waals surface area (Å²) in [7, 11) is 3.89. The van der Waals surface area contributed by atoms with Crippen LogP contribution in [-0.2, 0) is 16.0 Å². The zero-order valence-corrected chi connectivity index (χ0v) is 16.4. The smallest absolute Gasteiger partial charge is 0.313 e. The number of aromatic amines is 2. The first kappa shape index (κ1) is 19.2. The highest BCUT2D eigenvalue weighted by Gasteiger charge is 2.51. The third-order valence-corrected chi connectivity index (χ3v) is 5.12. The fraction of sp³-hybridized carbons (Fsp3) is 0.500. The maximum absolute atomic E-state index is 12.9. The molecule has 1 aliphatic rings. The molecule has 0 aliphatic heterocycles. The summed E-state index contributed by atoms with van der Waals surface area (Å²) < 4.78 is 5.44. The standard InChI is InChI=1S/C20H27N3O4/c1-11(2)27-19(25)17-15(12-6-8-13(9-7-12)23(4)5)16-14(10-20(17,3)26)21-22-18(16)24/h6-9,11,15,17,26H,10H2,1-5H3,(H2,21,22,24)/t15-,17+,20-/m1/s1. The first-order valence-electron chi connectivity index (χ1n) is 9.11. The molecule has 0 spiro atoms. The van der Waals surface area contributed by atoms with Gasteiger partial charge in [-0.2, -0.15) is 0 Å². The lowest BCUT2D eigenvalue weighted by Gasteiger charge is -2.40. The van der Waals surface area contributed by atoms with Crippen molar-refractivity contribution in [1.29, 1.82) is 0 Å². The minimum Gasteiger partial charge on any atom is -0.463 e. The predicted molar refractivity (Wildman–Crippen MR) is 103 cm³/mol. The number of carbonyl (C=O) groups is 1. The molecule has 3 rings (SSSR count). The number of benzene rings is 1. The van der Waals surface area contributed by atoms with Crippen molar-refractivity contribution in [2.75, 3.05) is 19.0 Å². The van der Waals surface area contributed by atoms with Crippen molar-refractivity contribution in [2.24, 2.45) is 5.92 Å². The number of esters is 1. The van der Waals surface area contributed by atoms with Gasteiger partial charge >= 0.3 is 5.97 Å². The lowest BCUT2D eigenvalue weighted by molar-refractivity contribution is -0.163. The third kappa shape index (κ3) is 3.51. The van der Waals surface area contributed by atoms with Crippen molar-refractivity contribution in [3.05, 3.63) is 51.4 Å². The average molecular weight is 373 g/mol. The topological polar surface area (TPSA) is 98.4 Å². The second-order valence-corrected chi connectivity index (χ2v) is 7.93. The van der Waals surface area contributed by atoms with E-state index in [1.807, 2.05) is 43.3 Å². The van der Waals surface area contributed by atoms with Crippen molar-refractivity contribution in [3.8, 4) is 0 Å². The van der Waals surface area contributed by atoms with Gasteiger partial charge in [-0.15, -0.1) is 0 Å². The Morgan fingerprint density at radius 1 is 1.26 bits per heavy atom. The summed E-state index contributed by atoms with van der Waals surface area (Å²) in [5.41, 5.74) is 1.28. The number of rotatable bonds is 4. The SMILES string of the molecule is CC(C)OC(=O)[C@@H]1[C@H](c2ccc(N(C)C)cc2)c2c([nH][nH]c2=O)C[C@@]1(C)O. The summed E-state index contributed by atoms with van der Waals surface area (Å²) in [6.45, 7) is 5.16. The van der Waals surface area contributed by atoms with Gasteiger partial charge in [-0.1, -0.05) is 12.1 Å². The molecule has 1 aliphatic carbocycles. The molecule has 0 fully saturated rings. The summed E-state index contributed by atoms with van der Waals surface area (Å²) in [5.74, 6) is -1.97. The van der Waals surface area contributed by atoms with E-state index in [9.17, 15) is 14.7 Å². The zero-order valence-electron chi connectivity index (χ0n) is 16.4. The van der Waals surface area contributed by atoms with Crippen molar-refractivity contribution >= 4 is 11.7 Å². The predicted octanol–water partition coefficient (Wildman–Crippen LogP) is 1.78. The van der Waals surface area contributed by atoms with Gasteiger partial charge in [0.25, 0.3) is 5.56 Å². The van der Waals surface area contributed by atoms with Crippen molar-refractivity contribution in [1.82, 2.24) is 10.2 Å². The van der Waals surface area contributed by atoms with Crippen LogP contribution in [0.4, 0.5) is 5.69 Å². The molecule has 1 aromatic carbocycles. The quantitative estimate of drug-likeness (QED) is 0.710. The molecule has 0 amide bonds. The summed E-state index contributed by atoms with van der Waals surface area (Å²) >= 11 is 0. The summed E-state index contributed by atoms with van der Waals surface area (Å²) in [4.78, 5) is 27.4. The molecule has 7 nitrogen and oxygen atoms in total. The van der Waals surface area contributed by atoms with Gasteiger partial charge < -0.3 is 19.8 Å². The van der Waals surface area contributed by atoms with E-state index in [2.05, 4.69) is 10.2 Å². The molecule has 2 aromatic rings. The van der Waals surface area contributed by atoms with Crippen LogP contribution in [0, 0.1) is 5.92 Å². The number of hydrogen-bond acceptors (Lipinski definition) is 5. The summed E-state index contributed by atoms with van der Waals surface area (Å²) in [5, 5.41) is 16.6. The monoisotopic (exact) mass is 373 g/mol. The van der Waals surface area contributed by atoms with E-state index in [1.165, 1.54) is 0 Å². The van der Waals surface area contributed by atoms with Crippen molar-refractivity contribution < 1.29 is 14.6 Å². The van der Waals surface area contributed by atoms with E-state index in [0.29, 0.717) is 11.3 Å². The Balaban J connectivity index is 2.15. The maximum Gasteiger partial charge on any atom is 0.313 e. The van der Waals surface area contributed by atoms with Gasteiger partial charge in [-0.25, -0.2) is 0 Å². The van der Waals surface area contributed by atoms with Gasteiger partial charge in [0.2, 0.25) is 0 Å². The van der Waals surface area contributed by atoms with Gasteiger partial charge in [0, 0.05) is 43.4 Å². The van der Waals surface area contributed by atoms with Crippen LogP contribution in [-0.4, -0.2) is 47.1 Å². The van der Waals surface area contributed by atoms with E-state index in [4.69, 9.17) is 4.74 Å². The molecule has 3 atom stereocenters. The van der Waals surface area contributed by atoms with Gasteiger partial charge in [-0.3, -0.25) is 14.7 Å². The van der Waals surface area contributed by atoms with Crippen molar-refractivity contribution in [2.45, 2.75) is 44.8 Å². The Labute approximate surface area is 158 Å². The minimum absolute atomic E-state index is 0.172. The lowest BCUT2D eigenvalue weighted by Crippen LogP contribution is -2.50. The molecule has 0 bridgehead atoms. The summed E-state index contributed by atoms with van der Waals surface area (Å²) in [6.07, 6.45) is -0.137. The highest BCUT2D eigenvalue weighted by Crippen LogP contribution is 2.44. The van der Waals surface area contributed by atoms with Crippen LogP contribution in [0.2, 0.25) is 0 Å². The first-order valence-corrected chi connectivity index (χ1v) is 9.11. The third-order valence-electron chi connectivity index (χ3n) is 5.12. The number of hydrogen-bond donors (Lipinski definition) is 3. The molecule has 0 unspecified atom stereocenters. The average Bonchev–Trinajstić information content (AvgIpc) is 2.92. The van der Waals surface area contributed by atoms with E-state index < -0.39 is 23.4 Å². The van der Waals surface area contributed by atoms with E-state index >= 15 is 0 Å². The van der Waals surface area contributed by atoms with Crippen LogP contribution in [0.15, 0.2) is 29.1 Å². The number of aliphatic hydroxyl groups is 1. The Morgan fingerprint density at radius 2 is 1.89 bits per heavy atom. The van der Waals surface area contributed by atoms with Crippen LogP contribution < -0.4 is 10.5 Å². The Kier molecular flexibility index (Phi) is 4.90. The molecular formula is C20H27N3O4. The maximum atomic E-state index is 12.9. The molecular weight excluding hydrogens is 346 g/mol. The molecule has 7 heteroatoms.